The first kappa shape index (κ1) is 21.3. The summed E-state index contributed by atoms with van der Waals surface area (Å²) in [5.74, 6) is 0.0602. The van der Waals surface area contributed by atoms with Crippen LogP contribution in [0.15, 0.2) is 43.0 Å². The highest BCUT2D eigenvalue weighted by Gasteiger charge is 2.38. The van der Waals surface area contributed by atoms with Crippen LogP contribution in [0.3, 0.4) is 0 Å². The molecule has 1 amide bonds. The maximum Gasteiger partial charge on any atom is 0.271 e. The highest BCUT2D eigenvalue weighted by Crippen LogP contribution is 2.34. The van der Waals surface area contributed by atoms with Crippen molar-refractivity contribution in [2.75, 3.05) is 35.7 Å². The summed E-state index contributed by atoms with van der Waals surface area (Å²) in [6.45, 7) is 1.70. The lowest BCUT2D eigenvalue weighted by molar-refractivity contribution is 0.0990. The summed E-state index contributed by atoms with van der Waals surface area (Å²) in [5.41, 5.74) is 10.3. The fourth-order valence-electron chi connectivity index (χ4n) is 4.86. The van der Waals surface area contributed by atoms with E-state index >= 15 is 0 Å². The molecule has 5 heterocycles. The lowest BCUT2D eigenvalue weighted by Crippen LogP contribution is -2.36. The number of morpholine rings is 1. The van der Waals surface area contributed by atoms with E-state index in [0.29, 0.717) is 34.7 Å². The van der Waals surface area contributed by atoms with E-state index in [0.717, 1.165) is 36.5 Å². The molecule has 2 bridgehead atoms. The summed E-state index contributed by atoms with van der Waals surface area (Å²) in [7, 11) is 3.64. The number of nitrogens with one attached hydrogen (secondary N) is 2. The number of amides is 1. The molecule has 2 atom stereocenters. The molecule has 11 heteroatoms. The van der Waals surface area contributed by atoms with Crippen LogP contribution in [-0.4, -0.2) is 62.8 Å². The van der Waals surface area contributed by atoms with Gasteiger partial charge in [0.05, 0.1) is 42.4 Å². The van der Waals surface area contributed by atoms with E-state index < -0.39 is 5.91 Å². The average molecular weight is 472 g/mol. The van der Waals surface area contributed by atoms with Crippen LogP contribution in [0, 0.1) is 0 Å². The Morgan fingerprint density at radius 3 is 2.69 bits per heavy atom. The molecule has 0 saturated carbocycles. The fraction of sp³-hybridized carbons (Fsp3) is 0.292. The molecule has 1 aromatic carbocycles. The number of hydrogen-bond donors (Lipinski definition) is 3. The van der Waals surface area contributed by atoms with Crippen molar-refractivity contribution in [1.29, 1.82) is 0 Å². The molecule has 0 radical (unpaired) electrons. The Labute approximate surface area is 201 Å². The number of primary amides is 1. The van der Waals surface area contributed by atoms with E-state index in [1.54, 1.807) is 25.8 Å². The molecular formula is C24H25N9O2. The van der Waals surface area contributed by atoms with Crippen molar-refractivity contribution in [3.63, 3.8) is 0 Å². The summed E-state index contributed by atoms with van der Waals surface area (Å²) in [4.78, 5) is 32.8. The zero-order chi connectivity index (χ0) is 24.1. The summed E-state index contributed by atoms with van der Waals surface area (Å²) in [5, 5.41) is 6.28. The fourth-order valence-corrected chi connectivity index (χ4v) is 4.86. The number of aromatic nitrogens is 5. The molecule has 178 valence electrons. The number of anilines is 4. The van der Waals surface area contributed by atoms with Crippen molar-refractivity contribution in [2.45, 2.75) is 18.6 Å². The molecule has 4 N–H and O–H groups in total. The van der Waals surface area contributed by atoms with Crippen LogP contribution in [0.1, 0.15) is 16.9 Å². The SMILES string of the molecule is CNc1nc(Nc2ccc(N3C[C@@H]4C[C@H]3CO4)cc2)c(C(N)=O)nc1-c1cncc2c1ncn2C. The zero-order valence-electron chi connectivity index (χ0n) is 19.4. The van der Waals surface area contributed by atoms with Gasteiger partial charge in [-0.3, -0.25) is 9.78 Å². The molecule has 0 unspecified atom stereocenters. The number of nitrogens with two attached hydrogens (primary N) is 1. The molecule has 35 heavy (non-hydrogen) atoms. The summed E-state index contributed by atoms with van der Waals surface area (Å²) < 4.78 is 7.57. The first-order valence-electron chi connectivity index (χ1n) is 11.4. The number of aryl methyl sites for hydroxylation is 1. The monoisotopic (exact) mass is 471 g/mol. The normalized spacial score (nSPS) is 18.9. The lowest BCUT2D eigenvalue weighted by Gasteiger charge is -2.29. The van der Waals surface area contributed by atoms with Gasteiger partial charge in [0.25, 0.3) is 5.91 Å². The number of benzene rings is 1. The second kappa shape index (κ2) is 8.20. The van der Waals surface area contributed by atoms with Gasteiger partial charge < -0.3 is 30.6 Å². The molecule has 2 aliphatic heterocycles. The third-order valence-electron chi connectivity index (χ3n) is 6.62. The first-order valence-corrected chi connectivity index (χ1v) is 11.4. The molecule has 3 aromatic heterocycles. The van der Waals surface area contributed by atoms with Crippen molar-refractivity contribution >= 4 is 40.0 Å². The molecule has 2 fully saturated rings. The molecular weight excluding hydrogens is 446 g/mol. The lowest BCUT2D eigenvalue weighted by atomic mass is 10.1. The van der Waals surface area contributed by atoms with Crippen molar-refractivity contribution in [2.24, 2.45) is 12.8 Å². The van der Waals surface area contributed by atoms with Crippen LogP contribution in [0.25, 0.3) is 22.3 Å². The predicted octanol–water partition coefficient (Wildman–Crippen LogP) is 2.29. The second-order valence-electron chi connectivity index (χ2n) is 8.81. The molecule has 4 aromatic rings. The van der Waals surface area contributed by atoms with E-state index in [9.17, 15) is 4.79 Å². The topological polar surface area (TPSA) is 136 Å². The summed E-state index contributed by atoms with van der Waals surface area (Å²) in [6, 6.07) is 8.47. The average Bonchev–Trinajstić information content (AvgIpc) is 3.60. The summed E-state index contributed by atoms with van der Waals surface area (Å²) >= 11 is 0. The van der Waals surface area contributed by atoms with Crippen LogP contribution < -0.4 is 21.3 Å². The van der Waals surface area contributed by atoms with E-state index in [1.807, 2.05) is 23.7 Å². The highest BCUT2D eigenvalue weighted by atomic mass is 16.5. The number of fused-ring (bicyclic) bond motifs is 3. The molecule has 2 saturated heterocycles. The van der Waals surface area contributed by atoms with Gasteiger partial charge in [-0.1, -0.05) is 0 Å². The van der Waals surface area contributed by atoms with Crippen molar-refractivity contribution < 1.29 is 9.53 Å². The van der Waals surface area contributed by atoms with E-state index in [-0.39, 0.29) is 11.5 Å². The van der Waals surface area contributed by atoms with E-state index in [4.69, 9.17) is 10.5 Å². The predicted molar refractivity (Wildman–Crippen MR) is 133 cm³/mol. The van der Waals surface area contributed by atoms with Crippen LogP contribution in [0.2, 0.25) is 0 Å². The van der Waals surface area contributed by atoms with E-state index in [1.165, 1.54) is 0 Å². The van der Waals surface area contributed by atoms with Gasteiger partial charge in [0.2, 0.25) is 0 Å². The standard InChI is InChI=1S/C24H25N9O2/c1-26-23-20(17-8-27-9-18-19(17)28-12-32(18)2)30-21(22(25)34)24(31-23)29-13-3-5-14(6-4-13)33-10-16-7-15(33)11-35-16/h3-6,8-9,12,15-16H,7,10-11H2,1-2H3,(H2,25,34)(H2,26,29,31)/t15-,16-/m0/s1. The Morgan fingerprint density at radius 1 is 1.17 bits per heavy atom. The van der Waals surface area contributed by atoms with Gasteiger partial charge >= 0.3 is 0 Å². The van der Waals surface area contributed by atoms with Crippen LogP contribution in [-0.2, 0) is 11.8 Å². The number of carbonyl (C=O) groups excluding carboxylic acids is 1. The molecule has 2 aliphatic rings. The minimum Gasteiger partial charge on any atom is -0.374 e. The Kier molecular flexibility index (Phi) is 4.99. The second-order valence-corrected chi connectivity index (χ2v) is 8.81. The van der Waals surface area contributed by atoms with Gasteiger partial charge in [-0.15, -0.1) is 0 Å². The van der Waals surface area contributed by atoms with Gasteiger partial charge in [0.1, 0.15) is 11.2 Å². The van der Waals surface area contributed by atoms with Crippen LogP contribution in [0.4, 0.5) is 23.0 Å². The smallest absolute Gasteiger partial charge is 0.271 e. The third kappa shape index (κ3) is 3.60. The molecule has 0 aliphatic carbocycles. The Bertz CT molecular complexity index is 1430. The number of nitrogens with zero attached hydrogens (tertiary/aromatic N) is 6. The van der Waals surface area contributed by atoms with Gasteiger partial charge in [-0.2, -0.15) is 0 Å². The Balaban J connectivity index is 1.35. The van der Waals surface area contributed by atoms with Crippen molar-refractivity contribution in [3.05, 3.63) is 48.7 Å². The van der Waals surface area contributed by atoms with Crippen LogP contribution >= 0.6 is 0 Å². The first-order chi connectivity index (χ1) is 17.0. The number of imidazole rings is 1. The van der Waals surface area contributed by atoms with Crippen LogP contribution in [0.5, 0.6) is 0 Å². The van der Waals surface area contributed by atoms with Crippen molar-refractivity contribution in [1.82, 2.24) is 24.5 Å². The minimum atomic E-state index is -0.685. The Morgan fingerprint density at radius 2 is 2.00 bits per heavy atom. The number of pyridine rings is 1. The zero-order valence-corrected chi connectivity index (χ0v) is 19.4. The molecule has 11 nitrogen and oxygen atoms in total. The summed E-state index contributed by atoms with van der Waals surface area (Å²) in [6.07, 6.45) is 6.51. The van der Waals surface area contributed by atoms with Gasteiger partial charge in [-0.25, -0.2) is 15.0 Å². The molecule has 6 rings (SSSR count). The Hall–Kier alpha value is -4.25. The number of ether oxygens (including phenoxy) is 1. The van der Waals surface area contributed by atoms with Gasteiger partial charge in [0.15, 0.2) is 17.3 Å². The number of rotatable bonds is 6. The van der Waals surface area contributed by atoms with Crippen molar-refractivity contribution in [3.8, 4) is 11.3 Å². The van der Waals surface area contributed by atoms with E-state index in [2.05, 4.69) is 47.6 Å². The number of hydrogen-bond acceptors (Lipinski definition) is 9. The van der Waals surface area contributed by atoms with Gasteiger partial charge in [-0.05, 0) is 30.7 Å². The largest absolute Gasteiger partial charge is 0.374 e. The maximum absolute atomic E-state index is 12.4. The van der Waals surface area contributed by atoms with Gasteiger partial charge in [0, 0.05) is 38.2 Å². The molecule has 0 spiro atoms. The quantitative estimate of drug-likeness (QED) is 0.387. The highest BCUT2D eigenvalue weighted by molar-refractivity contribution is 5.99. The minimum absolute atomic E-state index is 0.0324. The maximum atomic E-state index is 12.4. The third-order valence-corrected chi connectivity index (χ3v) is 6.62. The number of carbonyl (C=O) groups is 1.